The first-order valence-corrected chi connectivity index (χ1v) is 14.0. The molecule has 36 heavy (non-hydrogen) atoms. The van der Waals surface area contributed by atoms with Crippen LogP contribution < -0.4 is 4.74 Å². The number of ketones is 1. The maximum Gasteiger partial charge on any atom is 0.273 e. The number of Topliss-reactive ketones (excluding diaryl/α,β-unsaturated/α-hetero) is 1. The van der Waals surface area contributed by atoms with Crippen LogP contribution in [0.15, 0.2) is 6.20 Å². The minimum absolute atomic E-state index is 0.107. The van der Waals surface area contributed by atoms with Crippen LogP contribution in [0.1, 0.15) is 67.5 Å². The summed E-state index contributed by atoms with van der Waals surface area (Å²) >= 11 is 1.52. The first-order chi connectivity index (χ1) is 17.2. The summed E-state index contributed by atoms with van der Waals surface area (Å²) in [5.41, 5.74) is 1.46. The fourth-order valence-electron chi connectivity index (χ4n) is 5.77. The number of hydrogen-bond donors (Lipinski definition) is 0. The summed E-state index contributed by atoms with van der Waals surface area (Å²) in [6, 6.07) is 0. The summed E-state index contributed by atoms with van der Waals surface area (Å²) in [6.07, 6.45) is 8.77. The van der Waals surface area contributed by atoms with Crippen LogP contribution in [-0.4, -0.2) is 57.1 Å². The highest BCUT2D eigenvalue weighted by Crippen LogP contribution is 2.41. The number of carbonyl (C=O) groups excluding carboxylic acids is 1. The van der Waals surface area contributed by atoms with E-state index in [-0.39, 0.29) is 25.0 Å². The predicted octanol–water partition coefficient (Wildman–Crippen LogP) is 4.99. The molecule has 0 bridgehead atoms. The van der Waals surface area contributed by atoms with E-state index in [1.54, 1.807) is 7.05 Å². The summed E-state index contributed by atoms with van der Waals surface area (Å²) < 4.78 is 46.8. The van der Waals surface area contributed by atoms with Gasteiger partial charge in [-0.1, -0.05) is 24.2 Å². The standard InChI is InChI=1S/C26H35F3N4O2S/c1-32-24(27)19(16-30-32)13-20(34)12-18-4-2-17(3-5-18)6-9-33-10-7-22-23(8-11-33)36-25(31-22)35-21-14-26(28,29)15-21/h16-18,21H,2-15H2,1H3. The Bertz CT molecular complexity index is 1030. The monoisotopic (exact) mass is 524 g/mol. The van der Waals surface area contributed by atoms with Crippen LogP contribution in [0.3, 0.4) is 0 Å². The zero-order chi connectivity index (χ0) is 25.3. The summed E-state index contributed by atoms with van der Waals surface area (Å²) in [4.78, 5) is 20.8. The minimum Gasteiger partial charge on any atom is -0.466 e. The molecular weight excluding hydrogens is 489 g/mol. The number of ether oxygens (including phenoxy) is 1. The maximum absolute atomic E-state index is 13.9. The quantitative estimate of drug-likeness (QED) is 0.463. The zero-order valence-corrected chi connectivity index (χ0v) is 21.7. The average molecular weight is 525 g/mol. The molecule has 2 aromatic rings. The topological polar surface area (TPSA) is 60.2 Å². The van der Waals surface area contributed by atoms with Gasteiger partial charge in [-0.05, 0) is 44.1 Å². The highest BCUT2D eigenvalue weighted by molar-refractivity contribution is 7.13. The first kappa shape index (κ1) is 25.7. The largest absolute Gasteiger partial charge is 0.466 e. The van der Waals surface area contributed by atoms with Crippen LogP contribution in [0.2, 0.25) is 0 Å². The molecule has 0 spiro atoms. The molecule has 0 radical (unpaired) electrons. The Balaban J connectivity index is 0.990. The van der Waals surface area contributed by atoms with Crippen LogP contribution in [0.25, 0.3) is 0 Å². The molecule has 0 unspecified atom stereocenters. The van der Waals surface area contributed by atoms with E-state index in [4.69, 9.17) is 4.74 Å². The van der Waals surface area contributed by atoms with Crippen LogP contribution in [0, 0.1) is 17.8 Å². The molecule has 5 rings (SSSR count). The molecule has 2 fully saturated rings. The highest BCUT2D eigenvalue weighted by atomic mass is 32.1. The van der Waals surface area contributed by atoms with Crippen molar-refractivity contribution < 1.29 is 22.7 Å². The molecule has 6 nitrogen and oxygen atoms in total. The third-order valence-electron chi connectivity index (χ3n) is 8.06. The molecule has 0 aromatic carbocycles. The van der Waals surface area contributed by atoms with Gasteiger partial charge in [0.2, 0.25) is 5.95 Å². The lowest BCUT2D eigenvalue weighted by Crippen LogP contribution is -2.43. The van der Waals surface area contributed by atoms with E-state index in [2.05, 4.69) is 15.0 Å². The molecule has 3 heterocycles. The number of thiazole rings is 1. The molecule has 0 N–H and O–H groups in total. The van der Waals surface area contributed by atoms with Gasteiger partial charge in [0.1, 0.15) is 11.9 Å². The molecule has 1 aliphatic heterocycles. The van der Waals surface area contributed by atoms with Crippen molar-refractivity contribution in [1.29, 1.82) is 0 Å². The number of alkyl halides is 2. The second-order valence-corrected chi connectivity index (χ2v) is 11.9. The van der Waals surface area contributed by atoms with Gasteiger partial charge in [0.05, 0.1) is 11.9 Å². The van der Waals surface area contributed by atoms with Crippen molar-refractivity contribution in [2.45, 2.75) is 82.7 Å². The summed E-state index contributed by atoms with van der Waals surface area (Å²) in [7, 11) is 1.54. The van der Waals surface area contributed by atoms with E-state index < -0.39 is 18.0 Å². The molecular formula is C26H35F3N4O2S. The van der Waals surface area contributed by atoms with Gasteiger partial charge in [-0.15, -0.1) is 0 Å². The van der Waals surface area contributed by atoms with Gasteiger partial charge in [-0.3, -0.25) is 4.79 Å². The molecule has 2 saturated carbocycles. The number of rotatable bonds is 9. The fraction of sp³-hybridized carbons (Fsp3) is 0.731. The molecule has 2 aromatic heterocycles. The fourth-order valence-corrected chi connectivity index (χ4v) is 6.78. The van der Waals surface area contributed by atoms with Crippen molar-refractivity contribution in [3.05, 3.63) is 28.3 Å². The molecule has 0 amide bonds. The molecule has 0 saturated heterocycles. The maximum atomic E-state index is 13.9. The molecule has 2 aliphatic carbocycles. The van der Waals surface area contributed by atoms with Crippen LogP contribution in [-0.2, 0) is 31.1 Å². The van der Waals surface area contributed by atoms with Crippen molar-refractivity contribution in [1.82, 2.24) is 19.7 Å². The Morgan fingerprint density at radius 3 is 2.58 bits per heavy atom. The molecule has 198 valence electrons. The van der Waals surface area contributed by atoms with E-state index in [0.717, 1.165) is 63.9 Å². The van der Waals surface area contributed by atoms with Gasteiger partial charge in [0.15, 0.2) is 0 Å². The SMILES string of the molecule is Cn1ncc(CC(=O)CC2CCC(CCN3CCc4nc(OC5CC(F)(F)C5)sc4CC3)CC2)c1F. The Labute approximate surface area is 214 Å². The second-order valence-electron chi connectivity index (χ2n) is 10.9. The predicted molar refractivity (Wildman–Crippen MR) is 131 cm³/mol. The lowest BCUT2D eigenvalue weighted by molar-refractivity contribution is -0.134. The Hall–Kier alpha value is -1.94. The van der Waals surface area contributed by atoms with E-state index in [1.807, 2.05) is 0 Å². The number of hydrogen-bond acceptors (Lipinski definition) is 6. The summed E-state index contributed by atoms with van der Waals surface area (Å²) in [6.45, 7) is 3.03. The van der Waals surface area contributed by atoms with E-state index in [0.29, 0.717) is 29.0 Å². The van der Waals surface area contributed by atoms with E-state index in [9.17, 15) is 18.0 Å². The van der Waals surface area contributed by atoms with Crippen molar-refractivity contribution >= 4 is 17.1 Å². The normalized spacial score (nSPS) is 24.7. The number of nitrogens with zero attached hydrogens (tertiary/aromatic N) is 4. The van der Waals surface area contributed by atoms with Crippen LogP contribution >= 0.6 is 11.3 Å². The lowest BCUT2D eigenvalue weighted by atomic mass is 9.78. The Morgan fingerprint density at radius 2 is 1.89 bits per heavy atom. The summed E-state index contributed by atoms with van der Waals surface area (Å²) in [5, 5.41) is 4.43. The lowest BCUT2D eigenvalue weighted by Gasteiger charge is -2.33. The van der Waals surface area contributed by atoms with Gasteiger partial charge in [-0.2, -0.15) is 9.49 Å². The highest BCUT2D eigenvalue weighted by Gasteiger charge is 2.47. The zero-order valence-electron chi connectivity index (χ0n) is 20.9. The van der Waals surface area contributed by atoms with Gasteiger partial charge in [-0.25, -0.2) is 18.4 Å². The Kier molecular flexibility index (Phi) is 7.72. The third kappa shape index (κ3) is 6.30. The number of fused-ring (bicyclic) bond motifs is 1. The average Bonchev–Trinajstić information content (AvgIpc) is 3.28. The van der Waals surface area contributed by atoms with Crippen molar-refractivity contribution in [2.75, 3.05) is 19.6 Å². The minimum atomic E-state index is -2.57. The molecule has 0 atom stereocenters. The van der Waals surface area contributed by atoms with Gasteiger partial charge in [0.25, 0.3) is 11.1 Å². The number of halogens is 3. The van der Waals surface area contributed by atoms with Gasteiger partial charge < -0.3 is 9.64 Å². The smallest absolute Gasteiger partial charge is 0.273 e. The summed E-state index contributed by atoms with van der Waals surface area (Å²) in [5.74, 6) is -1.77. The third-order valence-corrected chi connectivity index (χ3v) is 9.11. The van der Waals surface area contributed by atoms with Crippen molar-refractivity contribution in [3.8, 4) is 5.19 Å². The number of aryl methyl sites for hydroxylation is 1. The number of carbonyl (C=O) groups is 1. The van der Waals surface area contributed by atoms with Crippen molar-refractivity contribution in [3.63, 3.8) is 0 Å². The second kappa shape index (κ2) is 10.8. The Morgan fingerprint density at radius 1 is 1.17 bits per heavy atom. The molecule has 3 aliphatic rings. The van der Waals surface area contributed by atoms with Gasteiger partial charge >= 0.3 is 0 Å². The van der Waals surface area contributed by atoms with Crippen LogP contribution in [0.5, 0.6) is 5.19 Å². The van der Waals surface area contributed by atoms with E-state index in [1.165, 1.54) is 33.5 Å². The first-order valence-electron chi connectivity index (χ1n) is 13.2. The molecule has 10 heteroatoms. The van der Waals surface area contributed by atoms with Crippen molar-refractivity contribution in [2.24, 2.45) is 18.9 Å². The van der Waals surface area contributed by atoms with Crippen LogP contribution in [0.4, 0.5) is 13.2 Å². The van der Waals surface area contributed by atoms with Gasteiger partial charge in [0, 0.05) is 62.7 Å². The number of aromatic nitrogens is 3. The van der Waals surface area contributed by atoms with E-state index >= 15 is 0 Å².